The maximum absolute atomic E-state index is 16.6. The Labute approximate surface area is 299 Å². The molecule has 0 bridgehead atoms. The first-order chi connectivity index (χ1) is 25.6. The van der Waals surface area contributed by atoms with E-state index in [-0.39, 0.29) is 0 Å². The molecule has 0 saturated heterocycles. The average Bonchev–Trinajstić information content (AvgIpc) is 3.89. The number of para-hydroxylation sites is 2. The van der Waals surface area contributed by atoms with Gasteiger partial charge in [0.25, 0.3) is 0 Å². The lowest BCUT2D eigenvalue weighted by molar-refractivity contribution is 0.658. The summed E-state index contributed by atoms with van der Waals surface area (Å²) in [6.07, 6.45) is 0. The Bertz CT molecular complexity index is 3200. The predicted molar refractivity (Wildman–Crippen MR) is 212 cm³/mol. The first kappa shape index (κ1) is 28.2. The van der Waals surface area contributed by atoms with E-state index in [1.54, 1.807) is 0 Å². The molecule has 4 heterocycles. The number of rotatable bonds is 2. The van der Waals surface area contributed by atoms with Gasteiger partial charge in [0.1, 0.15) is 11.2 Å². The van der Waals surface area contributed by atoms with Crippen molar-refractivity contribution >= 4 is 52.8 Å². The van der Waals surface area contributed by atoms with Gasteiger partial charge in [-0.15, -0.1) is 0 Å². The molecule has 8 aromatic carbocycles. The second-order valence-electron chi connectivity index (χ2n) is 14.0. The minimum atomic E-state index is -3.83. The maximum atomic E-state index is 16.6. The van der Waals surface area contributed by atoms with Crippen LogP contribution in [-0.2, 0) is 9.07 Å². The quantitative estimate of drug-likeness (QED) is 0.182. The summed E-state index contributed by atoms with van der Waals surface area (Å²) in [5, 5.41) is 4.70. The van der Waals surface area contributed by atoms with Crippen molar-refractivity contribution in [1.29, 1.82) is 0 Å². The number of nitrogens with zero attached hydrogens (tertiary/aromatic N) is 1. The Morgan fingerprint density at radius 2 is 0.962 bits per heavy atom. The van der Waals surface area contributed by atoms with Gasteiger partial charge in [0, 0.05) is 55.9 Å². The minimum Gasteiger partial charge on any atom is -0.456 e. The van der Waals surface area contributed by atoms with Crippen molar-refractivity contribution in [1.82, 2.24) is 4.57 Å². The third-order valence-corrected chi connectivity index (χ3v) is 16.3. The lowest BCUT2D eigenvalue weighted by Gasteiger charge is -2.38. The van der Waals surface area contributed by atoms with E-state index in [0.29, 0.717) is 0 Å². The number of benzene rings is 8. The number of furan rings is 1. The van der Waals surface area contributed by atoms with E-state index in [0.717, 1.165) is 91.6 Å². The standard InChI is InChI=1S/C48H29NO2S/c50-52(43-18-8-3-11-33(43)34-12-4-9-19-44(34)52)45-20-10-5-13-35(45)38-29-31(23-28-46(38)52)30-21-24-32(25-22-30)49-39-16-6-1-14-36(39)47-40(49)26-27-42-48(47)37-15-2-7-17-41(37)51-42/h1-29H. The molecule has 0 fully saturated rings. The van der Waals surface area contributed by atoms with Gasteiger partial charge < -0.3 is 8.98 Å². The van der Waals surface area contributed by atoms with Crippen LogP contribution in [0.2, 0.25) is 0 Å². The minimum absolute atomic E-state index is 0.902. The monoisotopic (exact) mass is 683 g/mol. The van der Waals surface area contributed by atoms with Gasteiger partial charge in [-0.2, -0.15) is 0 Å². The Morgan fingerprint density at radius 3 is 1.67 bits per heavy atom. The molecule has 1 spiro atoms. The van der Waals surface area contributed by atoms with Gasteiger partial charge in [-0.25, -0.2) is 0 Å². The molecule has 0 saturated carbocycles. The highest BCUT2D eigenvalue weighted by Crippen LogP contribution is 2.71. The summed E-state index contributed by atoms with van der Waals surface area (Å²) in [5.41, 5.74) is 11.6. The molecule has 0 aliphatic carbocycles. The third-order valence-electron chi connectivity index (χ3n) is 11.5. The molecule has 0 atom stereocenters. The second kappa shape index (κ2) is 9.64. The van der Waals surface area contributed by atoms with Gasteiger partial charge >= 0.3 is 0 Å². The second-order valence-corrected chi connectivity index (χ2v) is 17.6. The summed E-state index contributed by atoms with van der Waals surface area (Å²) in [7, 11) is -3.83. The van der Waals surface area contributed by atoms with E-state index in [9.17, 15) is 0 Å². The topological polar surface area (TPSA) is 35.1 Å². The van der Waals surface area contributed by atoms with Crippen LogP contribution in [0.3, 0.4) is 0 Å². The van der Waals surface area contributed by atoms with Gasteiger partial charge in [0.2, 0.25) is 0 Å². The van der Waals surface area contributed by atoms with Crippen molar-refractivity contribution in [3.63, 3.8) is 0 Å². The number of hydrogen-bond donors (Lipinski definition) is 0. The van der Waals surface area contributed by atoms with Crippen molar-refractivity contribution in [2.45, 2.75) is 19.6 Å². The Kier molecular flexibility index (Phi) is 5.23. The fraction of sp³-hybridized carbons (Fsp3) is 0. The molecule has 0 N–H and O–H groups in total. The van der Waals surface area contributed by atoms with Crippen molar-refractivity contribution in [2.24, 2.45) is 0 Å². The van der Waals surface area contributed by atoms with Crippen LogP contribution in [0.15, 0.2) is 200 Å². The first-order valence-corrected chi connectivity index (χ1v) is 19.6. The van der Waals surface area contributed by atoms with Gasteiger partial charge in [-0.3, -0.25) is 4.21 Å². The zero-order chi connectivity index (χ0) is 34.2. The van der Waals surface area contributed by atoms with Crippen molar-refractivity contribution in [3.05, 3.63) is 176 Å². The van der Waals surface area contributed by atoms with Crippen molar-refractivity contribution < 1.29 is 8.63 Å². The lowest BCUT2D eigenvalue weighted by atomic mass is 9.99. The van der Waals surface area contributed by atoms with Gasteiger partial charge in [0.05, 0.1) is 11.0 Å². The SMILES string of the molecule is O=S12(c3ccccc3-c3ccccc31)c1ccccc1-c1cc(-c3ccc(-n4c5ccccc5c5c6c(ccc54)oc4ccccc46)cc3)ccc12. The highest BCUT2D eigenvalue weighted by atomic mass is 32.3. The van der Waals surface area contributed by atoms with E-state index >= 15 is 4.21 Å². The maximum Gasteiger partial charge on any atom is 0.136 e. The van der Waals surface area contributed by atoms with Crippen LogP contribution < -0.4 is 0 Å². The molecular weight excluding hydrogens is 655 g/mol. The number of fused-ring (bicyclic) bond motifs is 17. The normalized spacial score (nSPS) is 15.4. The molecule has 244 valence electrons. The van der Waals surface area contributed by atoms with E-state index in [1.165, 1.54) is 10.8 Å². The molecule has 10 aromatic rings. The molecule has 0 radical (unpaired) electrons. The predicted octanol–water partition coefficient (Wildman–Crippen LogP) is 12.7. The number of hydrogen-bond acceptors (Lipinski definition) is 2. The van der Waals surface area contributed by atoms with E-state index in [2.05, 4.69) is 150 Å². The highest BCUT2D eigenvalue weighted by molar-refractivity contribution is 8.21. The fourth-order valence-corrected chi connectivity index (χ4v) is 14.6. The van der Waals surface area contributed by atoms with Crippen LogP contribution in [0.4, 0.5) is 0 Å². The Hall–Kier alpha value is -6.49. The lowest BCUT2D eigenvalue weighted by Crippen LogP contribution is -2.29. The summed E-state index contributed by atoms with van der Waals surface area (Å²) in [4.78, 5) is 3.64. The van der Waals surface area contributed by atoms with Crippen LogP contribution in [0, 0.1) is 0 Å². The van der Waals surface area contributed by atoms with E-state index in [1.807, 2.05) is 30.3 Å². The van der Waals surface area contributed by atoms with E-state index < -0.39 is 9.07 Å². The van der Waals surface area contributed by atoms with Crippen LogP contribution >= 0.6 is 0 Å². The van der Waals surface area contributed by atoms with Gasteiger partial charge in [-0.05, 0) is 100 Å². The highest BCUT2D eigenvalue weighted by Gasteiger charge is 2.57. The summed E-state index contributed by atoms with van der Waals surface area (Å²) in [5.74, 6) is 0. The zero-order valence-electron chi connectivity index (χ0n) is 27.9. The third kappa shape index (κ3) is 3.21. The largest absolute Gasteiger partial charge is 0.456 e. The van der Waals surface area contributed by atoms with Gasteiger partial charge in [-0.1, -0.05) is 109 Å². The molecule has 2 aliphatic rings. The van der Waals surface area contributed by atoms with E-state index in [4.69, 9.17) is 4.42 Å². The molecule has 2 aliphatic heterocycles. The molecular formula is C48H29NO2S. The Morgan fingerprint density at radius 1 is 0.404 bits per heavy atom. The molecule has 2 aromatic heterocycles. The van der Waals surface area contributed by atoms with Crippen LogP contribution in [0.5, 0.6) is 0 Å². The summed E-state index contributed by atoms with van der Waals surface area (Å²) < 4.78 is 25.3. The fourth-order valence-electron chi connectivity index (χ4n) is 9.41. The molecule has 0 amide bonds. The van der Waals surface area contributed by atoms with Crippen molar-refractivity contribution in [2.75, 3.05) is 0 Å². The first-order valence-electron chi connectivity index (χ1n) is 17.7. The van der Waals surface area contributed by atoms with Crippen LogP contribution in [0.25, 0.3) is 82.8 Å². The Balaban J connectivity index is 1.04. The summed E-state index contributed by atoms with van der Waals surface area (Å²) in [6.45, 7) is 0. The molecule has 52 heavy (non-hydrogen) atoms. The van der Waals surface area contributed by atoms with Crippen molar-refractivity contribution in [3.8, 4) is 39.1 Å². The van der Waals surface area contributed by atoms with Gasteiger partial charge in [0.15, 0.2) is 0 Å². The summed E-state index contributed by atoms with van der Waals surface area (Å²) >= 11 is 0. The zero-order valence-corrected chi connectivity index (χ0v) is 28.7. The molecule has 3 nitrogen and oxygen atoms in total. The molecule has 0 unspecified atom stereocenters. The average molecular weight is 684 g/mol. The summed E-state index contributed by atoms with van der Waals surface area (Å²) in [6, 6.07) is 61.5. The number of aromatic nitrogens is 1. The smallest absolute Gasteiger partial charge is 0.136 e. The molecule has 4 heteroatoms. The van der Waals surface area contributed by atoms with Crippen LogP contribution in [-0.4, -0.2) is 8.78 Å². The van der Waals surface area contributed by atoms with Crippen LogP contribution in [0.1, 0.15) is 0 Å². The molecule has 12 rings (SSSR count).